The summed E-state index contributed by atoms with van der Waals surface area (Å²) in [5.74, 6) is 0.673. The summed E-state index contributed by atoms with van der Waals surface area (Å²) >= 11 is 0. The van der Waals surface area contributed by atoms with Gasteiger partial charge in [-0.15, -0.1) is 6.42 Å². The van der Waals surface area contributed by atoms with Crippen LogP contribution in [0.2, 0.25) is 12.6 Å². The van der Waals surface area contributed by atoms with Crippen LogP contribution in [0.15, 0.2) is 47.2 Å². The van der Waals surface area contributed by atoms with Crippen molar-refractivity contribution in [3.05, 3.63) is 53.3 Å². The molecule has 0 aliphatic heterocycles. The molecule has 25 heavy (non-hydrogen) atoms. The van der Waals surface area contributed by atoms with E-state index in [1.807, 2.05) is 0 Å². The largest absolute Gasteiger partial charge is 4.00 e. The first-order chi connectivity index (χ1) is 10.1. The van der Waals surface area contributed by atoms with Crippen LogP contribution in [0.4, 0.5) is 0 Å². The van der Waals surface area contributed by atoms with Gasteiger partial charge in [0.1, 0.15) is 0 Å². The van der Waals surface area contributed by atoms with Gasteiger partial charge in [-0.05, 0) is 0 Å². The van der Waals surface area contributed by atoms with Crippen molar-refractivity contribution in [1.82, 2.24) is 0 Å². The van der Waals surface area contributed by atoms with Crippen LogP contribution in [0, 0.1) is 12.0 Å². The Kier molecular flexibility index (Phi) is 17.6. The van der Waals surface area contributed by atoms with Gasteiger partial charge in [0.15, 0.2) is 0 Å². The second-order valence-electron chi connectivity index (χ2n) is 6.53. The van der Waals surface area contributed by atoms with Crippen molar-refractivity contribution in [1.29, 1.82) is 0 Å². The summed E-state index contributed by atoms with van der Waals surface area (Å²) < 4.78 is 0. The predicted octanol–water partition coefficient (Wildman–Crippen LogP) is -3.57. The molecule has 0 N–H and O–H groups in total. The van der Waals surface area contributed by atoms with Gasteiger partial charge in [0.05, 0.1) is 8.07 Å². The van der Waals surface area contributed by atoms with Crippen LogP contribution in [-0.4, -0.2) is 8.07 Å². The molecule has 2 atom stereocenters. The zero-order valence-electron chi connectivity index (χ0n) is 15.7. The smallest absolute Gasteiger partial charge is 1.00 e. The van der Waals surface area contributed by atoms with Crippen LogP contribution in [0.3, 0.4) is 0 Å². The third-order valence-electron chi connectivity index (χ3n) is 5.03. The Morgan fingerprint density at radius 3 is 2.20 bits per heavy atom. The molecule has 0 amide bonds. The van der Waals surface area contributed by atoms with Crippen LogP contribution in [0.1, 0.15) is 46.5 Å². The van der Waals surface area contributed by atoms with Crippen molar-refractivity contribution in [3.8, 4) is 0 Å². The molecular formula is C20H29Cl3SiTi. The molecule has 2 rings (SSSR count). The van der Waals surface area contributed by atoms with E-state index in [0.29, 0.717) is 5.92 Å². The molecular weight excluding hydrogens is 423 g/mol. The molecule has 0 radical (unpaired) electrons. The van der Waals surface area contributed by atoms with E-state index in [0.717, 1.165) is 6.42 Å². The minimum Gasteiger partial charge on any atom is -1.00 e. The van der Waals surface area contributed by atoms with E-state index < -0.39 is 8.07 Å². The van der Waals surface area contributed by atoms with E-state index in [9.17, 15) is 0 Å². The van der Waals surface area contributed by atoms with Crippen LogP contribution in [-0.2, 0) is 21.7 Å². The van der Waals surface area contributed by atoms with Crippen molar-refractivity contribution in [2.75, 3.05) is 0 Å². The summed E-state index contributed by atoms with van der Waals surface area (Å²) in [6, 6.07) is 12.6. The minimum atomic E-state index is -1.62. The summed E-state index contributed by atoms with van der Waals surface area (Å²) in [5.41, 5.74) is 1.60. The monoisotopic (exact) mass is 450 g/mol. The van der Waals surface area contributed by atoms with Gasteiger partial charge in [-0.1, -0.05) is 94.1 Å². The molecule has 0 saturated carbocycles. The normalized spacial score (nSPS) is 15.8. The number of allylic oxidation sites excluding steroid dienone is 4. The summed E-state index contributed by atoms with van der Waals surface area (Å²) in [7, 11) is -1.62. The fraction of sp³-hybridized carbons (Fsp3) is 0.500. The molecule has 0 saturated heterocycles. The van der Waals surface area contributed by atoms with Crippen molar-refractivity contribution in [2.24, 2.45) is 5.92 Å². The minimum absolute atomic E-state index is 0. The Balaban J connectivity index is -0.00000121. The number of halogens is 3. The van der Waals surface area contributed by atoms with E-state index in [-0.39, 0.29) is 58.9 Å². The van der Waals surface area contributed by atoms with E-state index >= 15 is 0 Å². The average Bonchev–Trinajstić information content (AvgIpc) is 3.03. The Morgan fingerprint density at radius 1 is 1.08 bits per heavy atom. The van der Waals surface area contributed by atoms with Gasteiger partial charge in [-0.25, -0.2) is 5.20 Å². The van der Waals surface area contributed by atoms with Gasteiger partial charge in [-0.3, -0.25) is 6.08 Å². The first kappa shape index (κ1) is 30.2. The van der Waals surface area contributed by atoms with Crippen molar-refractivity contribution >= 4 is 13.3 Å². The molecule has 2 unspecified atom stereocenters. The van der Waals surface area contributed by atoms with E-state index in [1.54, 1.807) is 16.0 Å². The number of hydrogen-bond acceptors (Lipinski definition) is 0. The molecule has 0 fully saturated rings. The number of hydrogen-bond donors (Lipinski definition) is 0. The fourth-order valence-corrected chi connectivity index (χ4v) is 7.69. The Hall–Kier alpha value is 0.501. The third-order valence-corrected chi connectivity index (χ3v) is 9.56. The van der Waals surface area contributed by atoms with Crippen molar-refractivity contribution < 1.29 is 58.9 Å². The predicted molar refractivity (Wildman–Crippen MR) is 96.3 cm³/mol. The van der Waals surface area contributed by atoms with Gasteiger partial charge >= 0.3 is 21.7 Å². The first-order valence-electron chi connectivity index (χ1n) is 8.50. The van der Waals surface area contributed by atoms with Crippen LogP contribution in [0.5, 0.6) is 0 Å². The average molecular weight is 452 g/mol. The Bertz CT molecular complexity index is 531. The first-order valence-corrected chi connectivity index (χ1v) is 11.2. The summed E-state index contributed by atoms with van der Waals surface area (Å²) in [5, 5.41) is 3.19. The maximum Gasteiger partial charge on any atom is 4.00 e. The maximum absolute atomic E-state index is 3.76. The second kappa shape index (κ2) is 14.5. The molecule has 5 heteroatoms. The summed E-state index contributed by atoms with van der Waals surface area (Å²) in [6.45, 7) is 9.53. The quantitative estimate of drug-likeness (QED) is 0.297. The van der Waals surface area contributed by atoms with Gasteiger partial charge in [0.2, 0.25) is 0 Å². The molecule has 1 aliphatic carbocycles. The zero-order valence-corrected chi connectivity index (χ0v) is 20.5. The summed E-state index contributed by atoms with van der Waals surface area (Å²) in [4.78, 5) is 0. The SMILES string of the molecule is CCCC[Si](C)(C1=[C-]CC=C1C(C)CC)c1ccccc1.[Cl-].[Cl-].[Cl-].[Ti+4]. The van der Waals surface area contributed by atoms with E-state index in [4.69, 9.17) is 0 Å². The van der Waals surface area contributed by atoms with Gasteiger partial charge < -0.3 is 37.2 Å². The maximum atomic E-state index is 3.76. The summed E-state index contributed by atoms with van der Waals surface area (Å²) in [6.07, 6.45) is 11.1. The van der Waals surface area contributed by atoms with E-state index in [1.165, 1.54) is 25.3 Å². The second-order valence-corrected chi connectivity index (χ2v) is 10.8. The molecule has 1 aliphatic rings. The van der Waals surface area contributed by atoms with Crippen LogP contribution in [0.25, 0.3) is 0 Å². The van der Waals surface area contributed by atoms with Crippen molar-refractivity contribution in [2.45, 2.75) is 59.0 Å². The zero-order chi connectivity index (χ0) is 15.3. The molecule has 0 bridgehead atoms. The molecule has 138 valence electrons. The standard InChI is InChI=1S/C20H29Si.3ClH.Ti/c1-5-7-16-21(4,18-12-9-8-10-13-18)20-15-11-14-19(20)17(3)6-2;;;;/h8-10,12-14,17H,5-7,11,16H2,1-4H3;3*1H;/q-1;;;;+4/p-3. The molecule has 1 aromatic rings. The van der Waals surface area contributed by atoms with Crippen molar-refractivity contribution in [3.63, 3.8) is 0 Å². The molecule has 0 spiro atoms. The molecule has 0 heterocycles. The topological polar surface area (TPSA) is 0 Å². The fourth-order valence-electron chi connectivity index (χ4n) is 3.40. The van der Waals surface area contributed by atoms with Gasteiger partial charge in [-0.2, -0.15) is 11.6 Å². The number of unbranched alkanes of at least 4 members (excludes halogenated alkanes) is 1. The Labute approximate surface area is 189 Å². The molecule has 1 aromatic carbocycles. The molecule has 0 aromatic heterocycles. The third kappa shape index (κ3) is 7.20. The van der Waals surface area contributed by atoms with Gasteiger partial charge in [0, 0.05) is 0 Å². The van der Waals surface area contributed by atoms with Crippen LogP contribution >= 0.6 is 0 Å². The Morgan fingerprint density at radius 2 is 1.68 bits per heavy atom. The number of benzene rings is 1. The van der Waals surface area contributed by atoms with Crippen LogP contribution < -0.4 is 42.4 Å². The van der Waals surface area contributed by atoms with Gasteiger partial charge in [0.25, 0.3) is 0 Å². The van der Waals surface area contributed by atoms with E-state index in [2.05, 4.69) is 69.8 Å². The molecule has 0 nitrogen and oxygen atoms in total. The number of rotatable bonds is 7.